The molecular formula is C16H14N2O8. The Hall–Kier alpha value is -3.82. The molecule has 0 heterocycles. The molecule has 2 aromatic carbocycles. The summed E-state index contributed by atoms with van der Waals surface area (Å²) in [6.07, 6.45) is -1.00. The fourth-order valence-electron chi connectivity index (χ4n) is 2.01. The largest absolute Gasteiger partial charge is 0.504 e. The zero-order valence-electron chi connectivity index (χ0n) is 13.2. The van der Waals surface area contributed by atoms with E-state index in [-0.39, 0.29) is 18.0 Å². The number of non-ortho nitro benzene ring substituents is 1. The molecule has 136 valence electrons. The molecule has 26 heavy (non-hydrogen) atoms. The van der Waals surface area contributed by atoms with Gasteiger partial charge in [-0.3, -0.25) is 19.8 Å². The van der Waals surface area contributed by atoms with Crippen molar-refractivity contribution in [1.82, 2.24) is 0 Å². The number of benzene rings is 2. The maximum atomic E-state index is 12.2. The molecule has 2 aromatic rings. The molecule has 0 fully saturated rings. The lowest BCUT2D eigenvalue weighted by atomic mass is 10.2. The van der Waals surface area contributed by atoms with Crippen molar-refractivity contribution in [2.45, 2.75) is 6.61 Å². The average Bonchev–Trinajstić information content (AvgIpc) is 2.60. The summed E-state index contributed by atoms with van der Waals surface area (Å²) in [6.45, 7) is -0.972. The molecular weight excluding hydrogens is 348 g/mol. The van der Waals surface area contributed by atoms with Gasteiger partial charge in [0.1, 0.15) is 13.2 Å². The Bertz CT molecular complexity index is 835. The third-order valence-electron chi connectivity index (χ3n) is 3.29. The van der Waals surface area contributed by atoms with Crippen molar-refractivity contribution in [2.24, 2.45) is 0 Å². The van der Waals surface area contributed by atoms with Crippen LogP contribution in [0, 0.1) is 10.1 Å². The third-order valence-corrected chi connectivity index (χ3v) is 3.29. The highest BCUT2D eigenvalue weighted by Gasteiger charge is 2.21. The second-order valence-corrected chi connectivity index (χ2v) is 5.13. The van der Waals surface area contributed by atoms with E-state index < -0.39 is 35.0 Å². The number of carbonyl (C=O) groups excluding carboxylic acids is 1. The number of phenols is 2. The fourth-order valence-corrected chi connectivity index (χ4v) is 2.01. The van der Waals surface area contributed by atoms with Crippen molar-refractivity contribution >= 4 is 23.4 Å². The summed E-state index contributed by atoms with van der Waals surface area (Å²) in [6, 6.07) is 8.66. The smallest absolute Gasteiger partial charge is 0.415 e. The van der Waals surface area contributed by atoms with Crippen LogP contribution in [-0.4, -0.2) is 38.9 Å². The second-order valence-electron chi connectivity index (χ2n) is 5.13. The normalized spacial score (nSPS) is 10.2. The number of carboxylic acid groups (broad SMARTS) is 1. The number of nitro benzene ring substituents is 1. The first-order chi connectivity index (χ1) is 12.3. The summed E-state index contributed by atoms with van der Waals surface area (Å²) in [5.74, 6) is -2.27. The number of ether oxygens (including phenoxy) is 1. The summed E-state index contributed by atoms with van der Waals surface area (Å²) < 4.78 is 5.03. The lowest BCUT2D eigenvalue weighted by Crippen LogP contribution is -2.36. The highest BCUT2D eigenvalue weighted by atomic mass is 16.6. The van der Waals surface area contributed by atoms with Crippen LogP contribution in [0.15, 0.2) is 42.5 Å². The van der Waals surface area contributed by atoms with Gasteiger partial charge in [-0.15, -0.1) is 0 Å². The average molecular weight is 362 g/mol. The number of nitrogens with zero attached hydrogens (tertiary/aromatic N) is 2. The number of anilines is 1. The monoisotopic (exact) mass is 362 g/mol. The van der Waals surface area contributed by atoms with Crippen molar-refractivity contribution in [3.63, 3.8) is 0 Å². The molecule has 0 radical (unpaired) electrons. The summed E-state index contributed by atoms with van der Waals surface area (Å²) in [5, 5.41) is 38.4. The zero-order valence-corrected chi connectivity index (χ0v) is 13.2. The standard InChI is InChI=1S/C16H14N2O8/c19-13-6-5-12(7-14(13)20)17(8-15(21)22)16(23)26-9-10-1-3-11(4-2-10)18(24)25/h1-7,19-20H,8-9H2,(H,21,22). The summed E-state index contributed by atoms with van der Waals surface area (Å²) in [4.78, 5) is 34.0. The molecule has 2 rings (SSSR count). The van der Waals surface area contributed by atoms with Crippen LogP contribution in [0.3, 0.4) is 0 Å². The minimum atomic E-state index is -1.31. The number of aliphatic carboxylic acids is 1. The van der Waals surface area contributed by atoms with E-state index in [0.717, 1.165) is 17.0 Å². The predicted molar refractivity (Wildman–Crippen MR) is 88.0 cm³/mol. The molecule has 0 saturated heterocycles. The molecule has 0 bridgehead atoms. The number of amides is 1. The van der Waals surface area contributed by atoms with Gasteiger partial charge in [-0.1, -0.05) is 0 Å². The molecule has 0 aliphatic carbocycles. The third kappa shape index (κ3) is 4.60. The van der Waals surface area contributed by atoms with Crippen LogP contribution in [0.25, 0.3) is 0 Å². The van der Waals surface area contributed by atoms with Gasteiger partial charge in [0.05, 0.1) is 10.6 Å². The highest BCUT2D eigenvalue weighted by molar-refractivity contribution is 5.93. The lowest BCUT2D eigenvalue weighted by Gasteiger charge is -2.20. The van der Waals surface area contributed by atoms with E-state index in [4.69, 9.17) is 9.84 Å². The molecule has 1 amide bonds. The van der Waals surface area contributed by atoms with Crippen molar-refractivity contribution in [3.8, 4) is 11.5 Å². The van der Waals surface area contributed by atoms with Gasteiger partial charge in [0.15, 0.2) is 11.5 Å². The first-order valence-corrected chi connectivity index (χ1v) is 7.19. The van der Waals surface area contributed by atoms with Crippen LogP contribution in [0.2, 0.25) is 0 Å². The number of carbonyl (C=O) groups is 2. The Morgan fingerprint density at radius 1 is 1.08 bits per heavy atom. The quantitative estimate of drug-likeness (QED) is 0.402. The van der Waals surface area contributed by atoms with Crippen LogP contribution in [0.5, 0.6) is 11.5 Å². The van der Waals surface area contributed by atoms with Crippen molar-refractivity contribution in [1.29, 1.82) is 0 Å². The van der Waals surface area contributed by atoms with Gasteiger partial charge in [-0.05, 0) is 29.8 Å². The summed E-state index contributed by atoms with van der Waals surface area (Å²) in [5.41, 5.74) is 0.358. The van der Waals surface area contributed by atoms with Crippen LogP contribution < -0.4 is 4.90 Å². The zero-order chi connectivity index (χ0) is 19.3. The number of phenolic OH excluding ortho intramolecular Hbond substituents is 2. The number of carboxylic acids is 1. The minimum absolute atomic E-state index is 0.0106. The number of aromatic hydroxyl groups is 2. The van der Waals surface area contributed by atoms with Gasteiger partial charge in [-0.2, -0.15) is 0 Å². The van der Waals surface area contributed by atoms with E-state index in [2.05, 4.69) is 0 Å². The molecule has 0 aliphatic heterocycles. The highest BCUT2D eigenvalue weighted by Crippen LogP contribution is 2.29. The maximum Gasteiger partial charge on any atom is 0.415 e. The Balaban J connectivity index is 2.12. The van der Waals surface area contributed by atoms with Crippen LogP contribution in [0.1, 0.15) is 5.56 Å². The molecule has 0 saturated carbocycles. The topological polar surface area (TPSA) is 150 Å². The fraction of sp³-hybridized carbons (Fsp3) is 0.125. The van der Waals surface area contributed by atoms with E-state index >= 15 is 0 Å². The maximum absolute atomic E-state index is 12.2. The number of hydrogen-bond donors (Lipinski definition) is 3. The van der Waals surface area contributed by atoms with Gasteiger partial charge < -0.3 is 20.1 Å². The Labute approximate surface area is 146 Å². The van der Waals surface area contributed by atoms with Crippen molar-refractivity contribution in [2.75, 3.05) is 11.4 Å². The van der Waals surface area contributed by atoms with Gasteiger partial charge in [-0.25, -0.2) is 4.79 Å². The van der Waals surface area contributed by atoms with Crippen LogP contribution in [-0.2, 0) is 16.1 Å². The Morgan fingerprint density at radius 3 is 2.27 bits per heavy atom. The summed E-state index contributed by atoms with van der Waals surface area (Å²) >= 11 is 0. The predicted octanol–water partition coefficient (Wildman–Crippen LogP) is 2.23. The van der Waals surface area contributed by atoms with E-state index in [1.165, 1.54) is 30.3 Å². The van der Waals surface area contributed by atoms with Crippen LogP contribution in [0.4, 0.5) is 16.2 Å². The van der Waals surface area contributed by atoms with Gasteiger partial charge in [0, 0.05) is 18.2 Å². The second kappa shape index (κ2) is 7.83. The molecule has 0 spiro atoms. The summed E-state index contributed by atoms with van der Waals surface area (Å²) in [7, 11) is 0. The molecule has 3 N–H and O–H groups in total. The van der Waals surface area contributed by atoms with Gasteiger partial charge in [0.2, 0.25) is 0 Å². The van der Waals surface area contributed by atoms with Crippen molar-refractivity contribution < 1.29 is 34.6 Å². The van der Waals surface area contributed by atoms with E-state index in [1.807, 2.05) is 0 Å². The molecule has 0 atom stereocenters. The molecule has 0 aliphatic rings. The number of hydrogen-bond acceptors (Lipinski definition) is 7. The van der Waals surface area contributed by atoms with Crippen LogP contribution >= 0.6 is 0 Å². The first kappa shape index (κ1) is 18.5. The number of rotatable bonds is 6. The lowest BCUT2D eigenvalue weighted by molar-refractivity contribution is -0.384. The van der Waals surface area contributed by atoms with Gasteiger partial charge in [0.25, 0.3) is 5.69 Å². The first-order valence-electron chi connectivity index (χ1n) is 7.19. The Morgan fingerprint density at radius 2 is 1.73 bits per heavy atom. The molecule has 10 nitrogen and oxygen atoms in total. The van der Waals surface area contributed by atoms with E-state index in [1.54, 1.807) is 0 Å². The van der Waals surface area contributed by atoms with E-state index in [0.29, 0.717) is 5.56 Å². The van der Waals surface area contributed by atoms with E-state index in [9.17, 15) is 29.9 Å². The SMILES string of the molecule is O=C(O)CN(C(=O)OCc1ccc([N+](=O)[O-])cc1)c1ccc(O)c(O)c1. The number of nitro groups is 1. The minimum Gasteiger partial charge on any atom is -0.504 e. The Kier molecular flexibility index (Phi) is 5.58. The molecule has 10 heteroatoms. The molecule has 0 aromatic heterocycles. The molecule has 0 unspecified atom stereocenters. The van der Waals surface area contributed by atoms with Crippen molar-refractivity contribution in [3.05, 3.63) is 58.1 Å². The van der Waals surface area contributed by atoms with Gasteiger partial charge >= 0.3 is 12.1 Å².